The van der Waals surface area contributed by atoms with Crippen LogP contribution in [0.1, 0.15) is 50.1 Å². The van der Waals surface area contributed by atoms with E-state index in [2.05, 4.69) is 458 Å². The summed E-state index contributed by atoms with van der Waals surface area (Å²) in [4.78, 5) is 4.70. The fraction of sp³-hybridized carbons (Fsp3) is 0.0233. The number of anilines is 6. The highest BCUT2D eigenvalue weighted by Crippen LogP contribution is 2.65. The van der Waals surface area contributed by atoms with Crippen molar-refractivity contribution in [2.24, 2.45) is 0 Å². The maximum atomic E-state index is 6.85. The Bertz CT molecular complexity index is 8560. The fourth-order valence-electron chi connectivity index (χ4n) is 21.8. The Hall–Kier alpha value is -18.0. The molecule has 8 heteroatoms. The normalized spacial score (nSPS) is 14.3. The van der Waals surface area contributed by atoms with E-state index in [0.29, 0.717) is 34.5 Å². The van der Waals surface area contributed by atoms with E-state index in [1.165, 1.54) is 77.4 Å². The number of ether oxygens (including phenoxy) is 4. The molecular weight excluding hydrogens is 1670 g/mol. The Morgan fingerprint density at radius 3 is 1.03 bits per heavy atom. The van der Waals surface area contributed by atoms with Crippen molar-refractivity contribution in [2.45, 2.75) is 17.8 Å². The third-order valence-corrected chi connectivity index (χ3v) is 28.1. The molecule has 646 valence electrons. The van der Waals surface area contributed by atoms with Gasteiger partial charge in [-0.2, -0.15) is 0 Å². The van der Waals surface area contributed by atoms with Crippen LogP contribution in [0, 0.1) is 6.92 Å². The average Bonchev–Trinajstić information content (AvgIpc) is 1.53. The quantitative estimate of drug-likeness (QED) is 0.101. The number of hydrogen-bond acceptors (Lipinski definition) is 7. The van der Waals surface area contributed by atoms with Gasteiger partial charge in [0.1, 0.15) is 11.2 Å². The predicted molar refractivity (Wildman–Crippen MR) is 558 cm³/mol. The van der Waals surface area contributed by atoms with Gasteiger partial charge in [-0.1, -0.05) is 357 Å². The SMILES string of the molecule is Cc1ccc(-c2ccc(C3(c4ccc(N(c5cccc(-c6ccccc6)c5)c5ccc6c(c5)oc5ccccc56)cc4)c4ccccc4-c4c3ccc3c4Oc4ccccc4O3)cc2)cc1.c1ccc(-c2ccc(N(c3ccc(-n4c5ccccc5c5ccccc54)cc3)c3ccc(C4(c5ccc(-c6ccccc6)cc5)c5ccccc5-c5c4ccc4c5Oc5ccccc5O4)cc3)cc2)cc1. The smallest absolute Gasteiger partial charge is 0.178 e. The molecule has 2 aliphatic heterocycles. The first-order valence-corrected chi connectivity index (χ1v) is 46.7. The lowest BCUT2D eigenvalue weighted by Crippen LogP contribution is -2.28. The fourth-order valence-corrected chi connectivity index (χ4v) is 21.8. The molecular formula is C129H85N3O5. The maximum Gasteiger partial charge on any atom is 0.178 e. The second-order valence-corrected chi connectivity index (χ2v) is 35.7. The van der Waals surface area contributed by atoms with Crippen LogP contribution in [-0.4, -0.2) is 4.57 Å². The minimum absolute atomic E-state index is 0.693. The minimum Gasteiger partial charge on any atom is -0.456 e. The molecule has 4 heterocycles. The first-order valence-electron chi connectivity index (χ1n) is 46.7. The lowest BCUT2D eigenvalue weighted by atomic mass is 9.67. The summed E-state index contributed by atoms with van der Waals surface area (Å²) in [6, 6.07) is 178. The summed E-state index contributed by atoms with van der Waals surface area (Å²) in [6.07, 6.45) is 0. The van der Waals surface area contributed by atoms with Gasteiger partial charge in [0.05, 0.1) is 21.9 Å². The van der Waals surface area contributed by atoms with Crippen LogP contribution >= 0.6 is 0 Å². The van der Waals surface area contributed by atoms with Crippen LogP contribution in [0.4, 0.5) is 34.1 Å². The van der Waals surface area contributed by atoms with Crippen LogP contribution in [0.25, 0.3) is 116 Å². The molecule has 0 saturated carbocycles. The number of nitrogens with zero attached hydrogens (tertiary/aromatic N) is 3. The van der Waals surface area contributed by atoms with Crippen molar-refractivity contribution in [3.8, 4) is 118 Å². The number of para-hydroxylation sites is 7. The number of hydrogen-bond donors (Lipinski definition) is 0. The standard InChI is InChI=1S/C67H44N2O2.C62H41NO3/c1-3-15-45(16-4-1)47-27-31-49(32-28-47)67(58-22-10-7-21-57(58)65-59(67)43-44-64-66(65)71-63-26-14-13-25-62(63)70-64)50-33-37-52(38-34-50)68(51-35-29-48(30-36-51)46-17-5-2-6-18-46)53-39-41-54(42-40-53)69-60-23-11-8-19-55(60)56-20-9-12-24-61(56)69;1-40-22-24-42(25-23-40)43-26-28-45(29-27-43)62(53-18-7-5-17-52(53)60-54(62)36-37-58-61(60)66-57-21-10-9-20-56(57)65-58)46-30-32-47(33-31-46)63(48-15-11-14-44(38-48)41-12-3-2-4-13-41)49-34-35-51-50-16-6-8-19-55(50)64-59(51)39-49/h1-44H;2-39H,1H3. The molecule has 2 unspecified atom stereocenters. The van der Waals surface area contributed by atoms with Crippen molar-refractivity contribution in [3.63, 3.8) is 0 Å². The topological polar surface area (TPSA) is 61.5 Å². The van der Waals surface area contributed by atoms with Crippen molar-refractivity contribution in [1.29, 1.82) is 0 Å². The molecule has 4 aliphatic rings. The molecule has 0 bridgehead atoms. The van der Waals surface area contributed by atoms with Crippen LogP contribution < -0.4 is 28.7 Å². The van der Waals surface area contributed by atoms with E-state index in [1.54, 1.807) is 0 Å². The Morgan fingerprint density at radius 1 is 0.212 bits per heavy atom. The predicted octanol–water partition coefficient (Wildman–Crippen LogP) is 34.8. The van der Waals surface area contributed by atoms with Gasteiger partial charge in [0.15, 0.2) is 46.0 Å². The van der Waals surface area contributed by atoms with Crippen LogP contribution in [0.2, 0.25) is 0 Å². The Balaban J connectivity index is 0.000000142. The van der Waals surface area contributed by atoms with Crippen LogP contribution in [-0.2, 0) is 10.8 Å². The van der Waals surface area contributed by atoms with E-state index in [1.807, 2.05) is 60.7 Å². The summed E-state index contributed by atoms with van der Waals surface area (Å²) in [6.45, 7) is 2.13. The number of rotatable bonds is 15. The van der Waals surface area contributed by atoms with Crippen molar-refractivity contribution in [1.82, 2.24) is 4.57 Å². The molecule has 0 amide bonds. The highest BCUT2D eigenvalue weighted by Gasteiger charge is 2.51. The van der Waals surface area contributed by atoms with Crippen LogP contribution in [0.3, 0.4) is 0 Å². The zero-order valence-corrected chi connectivity index (χ0v) is 74.7. The highest BCUT2D eigenvalue weighted by molar-refractivity contribution is 6.10. The lowest BCUT2D eigenvalue weighted by molar-refractivity contribution is 0.360. The molecule has 137 heavy (non-hydrogen) atoms. The molecule has 0 N–H and O–H groups in total. The summed E-state index contributed by atoms with van der Waals surface area (Å²) in [5.41, 5.74) is 34.3. The molecule has 2 aliphatic carbocycles. The summed E-state index contributed by atoms with van der Waals surface area (Å²) in [5.74, 6) is 5.73. The van der Waals surface area contributed by atoms with Crippen LogP contribution in [0.5, 0.6) is 46.0 Å². The summed E-state index contributed by atoms with van der Waals surface area (Å²) < 4.78 is 35.6. The first-order chi connectivity index (χ1) is 67.8. The van der Waals surface area contributed by atoms with Gasteiger partial charge < -0.3 is 37.7 Å². The van der Waals surface area contributed by atoms with Crippen molar-refractivity contribution in [2.75, 3.05) is 9.80 Å². The number of fused-ring (bicyclic) bond motifs is 18. The third kappa shape index (κ3) is 13.3. The summed E-state index contributed by atoms with van der Waals surface area (Å²) in [5, 5.41) is 4.70. The van der Waals surface area contributed by atoms with Gasteiger partial charge >= 0.3 is 0 Å². The molecule has 0 radical (unpaired) electrons. The molecule has 0 fully saturated rings. The largest absolute Gasteiger partial charge is 0.456 e. The van der Waals surface area contributed by atoms with Gasteiger partial charge in [-0.3, -0.25) is 0 Å². The molecule has 0 spiro atoms. The number of aryl methyl sites for hydroxylation is 1. The summed E-state index contributed by atoms with van der Waals surface area (Å²) in [7, 11) is 0. The van der Waals surface area contributed by atoms with Gasteiger partial charge in [-0.05, 0) is 247 Å². The Morgan fingerprint density at radius 2 is 0.547 bits per heavy atom. The molecule has 2 atom stereocenters. The first kappa shape index (κ1) is 79.9. The molecule has 8 nitrogen and oxygen atoms in total. The molecule has 2 aromatic heterocycles. The van der Waals surface area contributed by atoms with Crippen LogP contribution in [0.15, 0.2) is 502 Å². The maximum absolute atomic E-state index is 6.85. The minimum atomic E-state index is -0.698. The van der Waals surface area contributed by atoms with E-state index in [-0.39, 0.29) is 0 Å². The Kier molecular flexibility index (Phi) is 19.1. The van der Waals surface area contributed by atoms with Gasteiger partial charge in [0, 0.05) is 78.5 Å². The number of aromatic nitrogens is 1. The lowest BCUT2D eigenvalue weighted by Gasteiger charge is -2.35. The number of furan rings is 1. The Labute approximate surface area is 793 Å². The van der Waals surface area contributed by atoms with Gasteiger partial charge in [0.25, 0.3) is 0 Å². The van der Waals surface area contributed by atoms with Gasteiger partial charge in [-0.25, -0.2) is 0 Å². The zero-order valence-electron chi connectivity index (χ0n) is 74.7. The monoisotopic (exact) mass is 1760 g/mol. The highest BCUT2D eigenvalue weighted by atomic mass is 16.6. The average molecular weight is 1760 g/mol. The van der Waals surface area contributed by atoms with Gasteiger partial charge in [-0.15, -0.1) is 0 Å². The second-order valence-electron chi connectivity index (χ2n) is 35.7. The summed E-state index contributed by atoms with van der Waals surface area (Å²) >= 11 is 0. The zero-order chi connectivity index (χ0) is 90.7. The van der Waals surface area contributed by atoms with E-state index in [0.717, 1.165) is 134 Å². The molecule has 0 saturated heterocycles. The molecule has 27 rings (SSSR count). The van der Waals surface area contributed by atoms with Crippen molar-refractivity contribution < 1.29 is 23.4 Å². The van der Waals surface area contributed by atoms with E-state index in [4.69, 9.17) is 23.4 Å². The third-order valence-electron chi connectivity index (χ3n) is 28.1. The molecule has 21 aromatic carbocycles. The molecule has 23 aromatic rings. The van der Waals surface area contributed by atoms with Gasteiger partial charge in [0.2, 0.25) is 0 Å². The van der Waals surface area contributed by atoms with E-state index in [9.17, 15) is 0 Å². The van der Waals surface area contributed by atoms with Crippen molar-refractivity contribution in [3.05, 3.63) is 548 Å². The van der Waals surface area contributed by atoms with E-state index >= 15 is 0 Å². The number of benzene rings is 21. The van der Waals surface area contributed by atoms with Crippen molar-refractivity contribution >= 4 is 77.9 Å². The van der Waals surface area contributed by atoms with E-state index < -0.39 is 10.8 Å². The second kappa shape index (κ2) is 32.8.